The summed E-state index contributed by atoms with van der Waals surface area (Å²) in [5.41, 5.74) is 5.77. The predicted molar refractivity (Wildman–Crippen MR) is 181 cm³/mol. The van der Waals surface area contributed by atoms with Crippen molar-refractivity contribution in [2.75, 3.05) is 7.11 Å². The third-order valence-electron chi connectivity index (χ3n) is 9.06. The van der Waals surface area contributed by atoms with Crippen molar-refractivity contribution in [2.45, 2.75) is 72.4 Å². The summed E-state index contributed by atoms with van der Waals surface area (Å²) in [6.07, 6.45) is 2.33. The molecule has 7 heteroatoms. The van der Waals surface area contributed by atoms with Gasteiger partial charge in [0.2, 0.25) is 0 Å². The summed E-state index contributed by atoms with van der Waals surface area (Å²) in [7, 11) is 1.59. The van der Waals surface area contributed by atoms with E-state index in [-0.39, 0.29) is 34.8 Å². The molecule has 0 radical (unpaired) electrons. The van der Waals surface area contributed by atoms with E-state index in [1.807, 2.05) is 36.4 Å². The van der Waals surface area contributed by atoms with E-state index in [0.717, 1.165) is 50.1 Å². The van der Waals surface area contributed by atoms with Crippen LogP contribution in [0.15, 0.2) is 89.3 Å². The number of allylic oxidation sites excluding steroid dienone is 4. The molecule has 0 atom stereocenters. The van der Waals surface area contributed by atoms with E-state index in [1.165, 1.54) is 12.1 Å². The fraction of sp³-hybridized carbons (Fsp3) is 0.368. The Morgan fingerprint density at radius 2 is 1.42 bits per heavy atom. The zero-order valence-corrected chi connectivity index (χ0v) is 28.7. The first-order valence-electron chi connectivity index (χ1n) is 15.4. The molecule has 3 aromatic rings. The molecule has 5 nitrogen and oxygen atoms in total. The maximum Gasteiger partial charge on any atom is 0.174 e. The summed E-state index contributed by atoms with van der Waals surface area (Å²) in [4.78, 5) is 30.7. The van der Waals surface area contributed by atoms with Crippen molar-refractivity contribution in [3.05, 3.63) is 115 Å². The number of carbonyl (C=O) groups is 2. The van der Waals surface area contributed by atoms with Crippen LogP contribution in [-0.4, -0.2) is 23.6 Å². The Labute approximate surface area is 278 Å². The molecule has 0 saturated carbocycles. The average Bonchev–Trinajstić information content (AvgIpc) is 2.96. The summed E-state index contributed by atoms with van der Waals surface area (Å²) in [6.45, 7) is 9.39. The van der Waals surface area contributed by atoms with Crippen LogP contribution in [0.5, 0.6) is 11.5 Å². The van der Waals surface area contributed by atoms with Crippen LogP contribution in [0.25, 0.3) is 0 Å². The first-order chi connectivity index (χ1) is 21.4. The van der Waals surface area contributed by atoms with Gasteiger partial charge >= 0.3 is 0 Å². The lowest BCUT2D eigenvalue weighted by atomic mass is 9.63. The second-order valence-electron chi connectivity index (χ2n) is 14.1. The number of hydrogen-bond donors (Lipinski definition) is 0. The van der Waals surface area contributed by atoms with E-state index >= 15 is 0 Å². The van der Waals surface area contributed by atoms with Crippen LogP contribution in [0.3, 0.4) is 0 Å². The Bertz CT molecular complexity index is 1690. The van der Waals surface area contributed by atoms with Crippen molar-refractivity contribution in [1.29, 1.82) is 0 Å². The molecule has 0 unspecified atom stereocenters. The average molecular weight is 720 g/mol. The molecule has 0 spiro atoms. The number of nitrogens with zero attached hydrogens (tertiary/aromatic N) is 1. The van der Waals surface area contributed by atoms with Gasteiger partial charge in [0.15, 0.2) is 23.1 Å². The molecule has 0 amide bonds. The zero-order valence-electron chi connectivity index (χ0n) is 26.5. The molecule has 2 aliphatic carbocycles. The minimum atomic E-state index is -0.492. The second kappa shape index (κ2) is 12.0. The number of rotatable bonds is 7. The van der Waals surface area contributed by atoms with Crippen LogP contribution in [0.2, 0.25) is 0 Å². The van der Waals surface area contributed by atoms with Gasteiger partial charge in [-0.2, -0.15) is 0 Å². The molecule has 0 aromatic heterocycles. The van der Waals surface area contributed by atoms with Crippen molar-refractivity contribution in [2.24, 2.45) is 10.8 Å². The molecule has 234 valence electrons. The number of ketones is 2. The van der Waals surface area contributed by atoms with E-state index < -0.39 is 5.92 Å². The van der Waals surface area contributed by atoms with Gasteiger partial charge in [0, 0.05) is 47.8 Å². The van der Waals surface area contributed by atoms with Crippen molar-refractivity contribution in [1.82, 2.24) is 4.90 Å². The summed E-state index contributed by atoms with van der Waals surface area (Å²) >= 11 is 2.23. The van der Waals surface area contributed by atoms with E-state index in [2.05, 4.69) is 67.3 Å². The zero-order chi connectivity index (χ0) is 32.1. The third-order valence-corrected chi connectivity index (χ3v) is 9.86. The number of benzene rings is 3. The van der Waals surface area contributed by atoms with Crippen molar-refractivity contribution in [3.63, 3.8) is 0 Å². The van der Waals surface area contributed by atoms with Crippen molar-refractivity contribution < 1.29 is 23.5 Å². The van der Waals surface area contributed by atoms with Gasteiger partial charge in [-0.15, -0.1) is 0 Å². The summed E-state index contributed by atoms with van der Waals surface area (Å²) in [6, 6.07) is 20.5. The minimum Gasteiger partial charge on any atom is -0.493 e. The highest BCUT2D eigenvalue weighted by Gasteiger charge is 2.49. The first kappa shape index (κ1) is 31.5. The molecule has 0 bridgehead atoms. The van der Waals surface area contributed by atoms with Crippen LogP contribution in [0.1, 0.15) is 76.0 Å². The Hall–Kier alpha value is -3.46. The van der Waals surface area contributed by atoms with Gasteiger partial charge in [0.05, 0.1) is 10.7 Å². The number of ether oxygens (including phenoxy) is 2. The maximum absolute atomic E-state index is 14.2. The van der Waals surface area contributed by atoms with Gasteiger partial charge in [-0.3, -0.25) is 9.59 Å². The van der Waals surface area contributed by atoms with E-state index in [0.29, 0.717) is 36.4 Å². The van der Waals surface area contributed by atoms with E-state index in [9.17, 15) is 14.0 Å². The quantitative estimate of drug-likeness (QED) is 0.229. The monoisotopic (exact) mass is 719 g/mol. The molecule has 0 fully saturated rings. The Balaban J connectivity index is 1.50. The lowest BCUT2D eigenvalue weighted by molar-refractivity contribution is -0.119. The van der Waals surface area contributed by atoms with E-state index in [4.69, 9.17) is 9.47 Å². The second-order valence-corrected chi connectivity index (χ2v) is 15.2. The SMILES string of the molecule is COc1cc(C2C3=C(CC(C)(C)CC3=O)N(Cc3ccccc3)C3=C2C(=O)CC(C)(C)C3)cc(I)c1OCc1cccc(F)c1. The molecular weight excluding hydrogens is 680 g/mol. The molecule has 0 saturated heterocycles. The van der Waals surface area contributed by atoms with E-state index in [1.54, 1.807) is 13.2 Å². The molecule has 3 aliphatic rings. The Morgan fingerprint density at radius 3 is 2.00 bits per heavy atom. The van der Waals surface area contributed by atoms with Crippen LogP contribution in [-0.2, 0) is 22.7 Å². The topological polar surface area (TPSA) is 55.8 Å². The molecule has 1 aliphatic heterocycles. The predicted octanol–water partition coefficient (Wildman–Crippen LogP) is 8.90. The smallest absolute Gasteiger partial charge is 0.174 e. The van der Waals surface area contributed by atoms with Gasteiger partial charge in [-0.25, -0.2) is 4.39 Å². The van der Waals surface area contributed by atoms with Crippen LogP contribution < -0.4 is 9.47 Å². The van der Waals surface area contributed by atoms with Gasteiger partial charge in [-0.1, -0.05) is 70.2 Å². The van der Waals surface area contributed by atoms with Crippen LogP contribution >= 0.6 is 22.6 Å². The third kappa shape index (κ3) is 6.33. The number of halogens is 2. The van der Waals surface area contributed by atoms with Crippen LogP contribution in [0, 0.1) is 20.2 Å². The summed E-state index contributed by atoms with van der Waals surface area (Å²) in [5.74, 6) is 0.428. The summed E-state index contributed by atoms with van der Waals surface area (Å²) in [5, 5.41) is 0. The highest BCUT2D eigenvalue weighted by molar-refractivity contribution is 14.1. The van der Waals surface area contributed by atoms with Gasteiger partial charge in [0.1, 0.15) is 12.4 Å². The van der Waals surface area contributed by atoms with Crippen molar-refractivity contribution >= 4 is 34.2 Å². The Morgan fingerprint density at radius 1 is 0.822 bits per heavy atom. The normalized spacial score (nSPS) is 19.4. The fourth-order valence-electron chi connectivity index (χ4n) is 7.17. The number of Topliss-reactive ketones (excluding diaryl/α,β-unsaturated/α-hetero) is 2. The number of carbonyl (C=O) groups excluding carboxylic acids is 2. The van der Waals surface area contributed by atoms with Crippen molar-refractivity contribution in [3.8, 4) is 11.5 Å². The van der Waals surface area contributed by atoms with Crippen LogP contribution in [0.4, 0.5) is 4.39 Å². The Kier molecular flexibility index (Phi) is 8.44. The molecular formula is C38H39FINO4. The largest absolute Gasteiger partial charge is 0.493 e. The highest BCUT2D eigenvalue weighted by atomic mass is 127. The number of hydrogen-bond acceptors (Lipinski definition) is 5. The van der Waals surface area contributed by atoms with Gasteiger partial charge in [0.25, 0.3) is 0 Å². The van der Waals surface area contributed by atoms with Gasteiger partial charge < -0.3 is 14.4 Å². The molecule has 45 heavy (non-hydrogen) atoms. The molecule has 0 N–H and O–H groups in total. The standard InChI is InChI=1S/C38H39FINO4/c1-37(2)17-28-34(30(42)19-37)33(25-15-27(40)36(32(16-25)44-5)45-22-24-12-9-13-26(39)14-24)35-29(18-38(3,4)20-31(35)43)41(28)21-23-10-7-6-8-11-23/h6-16,33H,17-22H2,1-5H3. The van der Waals surface area contributed by atoms with Gasteiger partial charge in [-0.05, 0) is 87.2 Å². The molecule has 3 aromatic carbocycles. The fourth-order valence-corrected chi connectivity index (χ4v) is 7.95. The highest BCUT2D eigenvalue weighted by Crippen LogP contribution is 2.55. The molecule has 1 heterocycles. The molecule has 6 rings (SSSR count). The minimum absolute atomic E-state index is 0.0916. The summed E-state index contributed by atoms with van der Waals surface area (Å²) < 4.78 is 26.6. The maximum atomic E-state index is 14.2. The number of methoxy groups -OCH3 is 1. The lowest BCUT2D eigenvalue weighted by Gasteiger charge is -2.49. The lowest BCUT2D eigenvalue weighted by Crippen LogP contribution is -2.44. The first-order valence-corrected chi connectivity index (χ1v) is 16.5.